The number of thiocarbonyl (C=S) groups is 1. The summed E-state index contributed by atoms with van der Waals surface area (Å²) < 4.78 is 5.32. The number of amides is 1. The van der Waals surface area contributed by atoms with E-state index < -0.39 is 5.41 Å². The third-order valence-corrected chi connectivity index (χ3v) is 5.19. The van der Waals surface area contributed by atoms with Crippen LogP contribution in [0.15, 0.2) is 0 Å². The maximum atomic E-state index is 12.4. The number of nitrogens with two attached hydrogens (primary N) is 1. The zero-order valence-electron chi connectivity index (χ0n) is 12.2. The number of hydrogen-bond donors (Lipinski definition) is 2. The average Bonchev–Trinajstić information content (AvgIpc) is 2.97. The summed E-state index contributed by atoms with van der Waals surface area (Å²) in [5.74, 6) is 0.874. The molecule has 4 nitrogen and oxygen atoms in total. The minimum Gasteiger partial charge on any atom is -0.392 e. The van der Waals surface area contributed by atoms with Gasteiger partial charge in [0.05, 0.1) is 4.99 Å². The molecule has 0 spiro atoms. The van der Waals surface area contributed by atoms with E-state index in [1.165, 1.54) is 32.1 Å². The van der Waals surface area contributed by atoms with E-state index in [-0.39, 0.29) is 5.91 Å². The molecule has 2 fully saturated rings. The van der Waals surface area contributed by atoms with Crippen LogP contribution >= 0.6 is 12.2 Å². The highest BCUT2D eigenvalue weighted by atomic mass is 32.1. The molecule has 0 unspecified atom stereocenters. The maximum absolute atomic E-state index is 12.4. The first-order valence-corrected chi connectivity index (χ1v) is 8.22. The van der Waals surface area contributed by atoms with Crippen LogP contribution in [0.25, 0.3) is 0 Å². The van der Waals surface area contributed by atoms with Gasteiger partial charge in [0.15, 0.2) is 0 Å². The fourth-order valence-electron chi connectivity index (χ4n) is 3.37. The number of hydrogen-bond acceptors (Lipinski definition) is 3. The monoisotopic (exact) mass is 298 g/mol. The molecule has 1 heterocycles. The fraction of sp³-hybridized carbons (Fsp3) is 0.867. The van der Waals surface area contributed by atoms with Gasteiger partial charge in [0.2, 0.25) is 5.91 Å². The number of carbonyl (C=O) groups excluding carboxylic acids is 1. The topological polar surface area (TPSA) is 64.4 Å². The molecule has 0 bridgehead atoms. The molecule has 0 aromatic rings. The molecule has 1 saturated heterocycles. The molecule has 1 aliphatic carbocycles. The van der Waals surface area contributed by atoms with Gasteiger partial charge in [0.25, 0.3) is 0 Å². The van der Waals surface area contributed by atoms with Crippen LogP contribution in [0.3, 0.4) is 0 Å². The highest BCUT2D eigenvalue weighted by Gasteiger charge is 2.42. The zero-order valence-corrected chi connectivity index (χ0v) is 13.0. The van der Waals surface area contributed by atoms with Gasteiger partial charge in [-0.2, -0.15) is 0 Å². The predicted octanol–water partition coefficient (Wildman–Crippen LogP) is 2.16. The van der Waals surface area contributed by atoms with Gasteiger partial charge in [0, 0.05) is 19.8 Å². The van der Waals surface area contributed by atoms with Crippen LogP contribution in [0.5, 0.6) is 0 Å². The molecular weight excluding hydrogens is 272 g/mol. The standard InChI is InChI=1S/C15H26N2O2S/c16-13(20)15(7-10-19-11-8-15)14(18)17-9-3-6-12-4-1-2-5-12/h12H,1-11H2,(H2,16,20)(H,17,18). The highest BCUT2D eigenvalue weighted by Crippen LogP contribution is 2.31. The Morgan fingerprint density at radius 3 is 2.55 bits per heavy atom. The third kappa shape index (κ3) is 3.70. The average molecular weight is 298 g/mol. The van der Waals surface area contributed by atoms with Crippen molar-refractivity contribution in [3.63, 3.8) is 0 Å². The predicted molar refractivity (Wildman–Crippen MR) is 83.5 cm³/mol. The van der Waals surface area contributed by atoms with Crippen molar-refractivity contribution in [3.8, 4) is 0 Å². The lowest BCUT2D eigenvalue weighted by atomic mass is 9.79. The normalized spacial score (nSPS) is 22.6. The summed E-state index contributed by atoms with van der Waals surface area (Å²) in [5, 5.41) is 3.04. The summed E-state index contributed by atoms with van der Waals surface area (Å²) in [6.07, 6.45) is 8.98. The zero-order chi connectivity index (χ0) is 14.4. The lowest BCUT2D eigenvalue weighted by Gasteiger charge is -2.34. The van der Waals surface area contributed by atoms with Gasteiger partial charge in [0.1, 0.15) is 5.41 Å². The van der Waals surface area contributed by atoms with Crippen molar-refractivity contribution >= 4 is 23.1 Å². The van der Waals surface area contributed by atoms with Gasteiger partial charge in [-0.25, -0.2) is 0 Å². The summed E-state index contributed by atoms with van der Waals surface area (Å²) in [6.45, 7) is 1.86. The smallest absolute Gasteiger partial charge is 0.233 e. The Morgan fingerprint density at radius 2 is 1.95 bits per heavy atom. The fourth-order valence-corrected chi connectivity index (χ4v) is 3.66. The van der Waals surface area contributed by atoms with Crippen molar-refractivity contribution in [2.45, 2.75) is 51.4 Å². The minimum atomic E-state index is -0.680. The number of carbonyl (C=O) groups is 1. The van der Waals surface area contributed by atoms with E-state index in [9.17, 15) is 4.79 Å². The lowest BCUT2D eigenvalue weighted by molar-refractivity contribution is -0.131. The van der Waals surface area contributed by atoms with Crippen LogP contribution in [-0.2, 0) is 9.53 Å². The molecular formula is C15H26N2O2S. The van der Waals surface area contributed by atoms with Gasteiger partial charge in [-0.15, -0.1) is 0 Å². The SMILES string of the molecule is NC(=S)C1(C(=O)NCCCC2CCCC2)CCOCC1. The van der Waals surface area contributed by atoms with E-state index in [4.69, 9.17) is 22.7 Å². The van der Waals surface area contributed by atoms with Crippen molar-refractivity contribution in [2.24, 2.45) is 17.1 Å². The van der Waals surface area contributed by atoms with Crippen LogP contribution in [-0.4, -0.2) is 30.7 Å². The Labute approximate surface area is 126 Å². The molecule has 2 rings (SSSR count). The van der Waals surface area contributed by atoms with Crippen molar-refractivity contribution < 1.29 is 9.53 Å². The molecule has 114 valence electrons. The molecule has 0 atom stereocenters. The Morgan fingerprint density at radius 1 is 1.30 bits per heavy atom. The second kappa shape index (κ2) is 7.36. The van der Waals surface area contributed by atoms with Crippen molar-refractivity contribution in [1.29, 1.82) is 0 Å². The van der Waals surface area contributed by atoms with Crippen LogP contribution < -0.4 is 11.1 Å². The van der Waals surface area contributed by atoms with Gasteiger partial charge >= 0.3 is 0 Å². The van der Waals surface area contributed by atoms with Gasteiger partial charge in [-0.3, -0.25) is 4.79 Å². The first kappa shape index (κ1) is 15.7. The van der Waals surface area contributed by atoms with Crippen LogP contribution in [0.4, 0.5) is 0 Å². The second-order valence-electron chi connectivity index (χ2n) is 6.11. The quantitative estimate of drug-likeness (QED) is 0.582. The van der Waals surface area contributed by atoms with Crippen molar-refractivity contribution in [1.82, 2.24) is 5.32 Å². The number of ether oxygens (including phenoxy) is 1. The molecule has 0 aromatic carbocycles. The molecule has 5 heteroatoms. The summed E-state index contributed by atoms with van der Waals surface area (Å²) in [7, 11) is 0. The molecule has 20 heavy (non-hydrogen) atoms. The van der Waals surface area contributed by atoms with E-state index in [1.54, 1.807) is 0 Å². The summed E-state index contributed by atoms with van der Waals surface area (Å²) in [4.78, 5) is 12.7. The largest absolute Gasteiger partial charge is 0.392 e. The number of nitrogens with one attached hydrogen (secondary N) is 1. The maximum Gasteiger partial charge on any atom is 0.233 e. The van der Waals surface area contributed by atoms with Gasteiger partial charge in [-0.1, -0.05) is 37.9 Å². The highest BCUT2D eigenvalue weighted by molar-refractivity contribution is 7.80. The van der Waals surface area contributed by atoms with Crippen LogP contribution in [0.1, 0.15) is 51.4 Å². The van der Waals surface area contributed by atoms with E-state index in [0.717, 1.165) is 18.9 Å². The van der Waals surface area contributed by atoms with E-state index >= 15 is 0 Å². The molecule has 3 N–H and O–H groups in total. The minimum absolute atomic E-state index is 0.000257. The third-order valence-electron chi connectivity index (χ3n) is 4.80. The Kier molecular flexibility index (Phi) is 5.78. The van der Waals surface area contributed by atoms with E-state index in [0.29, 0.717) is 31.0 Å². The Bertz CT molecular complexity index is 348. The van der Waals surface area contributed by atoms with Gasteiger partial charge < -0.3 is 15.8 Å². The molecule has 1 saturated carbocycles. The Balaban J connectivity index is 1.75. The number of rotatable bonds is 6. The van der Waals surface area contributed by atoms with Crippen LogP contribution in [0.2, 0.25) is 0 Å². The lowest BCUT2D eigenvalue weighted by Crippen LogP contribution is -2.52. The molecule has 0 radical (unpaired) electrons. The van der Waals surface area contributed by atoms with Crippen molar-refractivity contribution in [3.05, 3.63) is 0 Å². The summed E-state index contributed by atoms with van der Waals surface area (Å²) in [5.41, 5.74) is 5.14. The van der Waals surface area contributed by atoms with Crippen molar-refractivity contribution in [2.75, 3.05) is 19.8 Å². The van der Waals surface area contributed by atoms with E-state index in [2.05, 4.69) is 5.32 Å². The summed E-state index contributed by atoms with van der Waals surface area (Å²) in [6, 6.07) is 0. The first-order valence-electron chi connectivity index (χ1n) is 7.81. The first-order chi connectivity index (χ1) is 9.65. The molecule has 0 aromatic heterocycles. The molecule has 1 aliphatic heterocycles. The second-order valence-corrected chi connectivity index (χ2v) is 6.55. The van der Waals surface area contributed by atoms with Crippen LogP contribution in [0, 0.1) is 11.3 Å². The Hall–Kier alpha value is -0.680. The van der Waals surface area contributed by atoms with E-state index in [1.807, 2.05) is 0 Å². The molecule has 2 aliphatic rings. The summed E-state index contributed by atoms with van der Waals surface area (Å²) >= 11 is 5.13. The molecule has 1 amide bonds. The van der Waals surface area contributed by atoms with Gasteiger partial charge in [-0.05, 0) is 31.6 Å².